The number of ether oxygens (including phenoxy) is 1. The van der Waals surface area contributed by atoms with Crippen LogP contribution in [0.4, 0.5) is 0 Å². The minimum absolute atomic E-state index is 0.00825. The van der Waals surface area contributed by atoms with Gasteiger partial charge in [-0.05, 0) is 55.2 Å². The fraction of sp³-hybridized carbons (Fsp3) is 0.560. The summed E-state index contributed by atoms with van der Waals surface area (Å²) in [6.45, 7) is 6.54. The summed E-state index contributed by atoms with van der Waals surface area (Å²) in [6, 6.07) is 8.16. The van der Waals surface area contributed by atoms with Gasteiger partial charge in [-0.3, -0.25) is 19.5 Å². The van der Waals surface area contributed by atoms with Gasteiger partial charge in [0.1, 0.15) is 5.75 Å². The molecule has 5 atom stereocenters. The fourth-order valence-corrected chi connectivity index (χ4v) is 5.28. The number of carbonyl (C=O) groups is 2. The number of benzene rings is 1. The lowest BCUT2D eigenvalue weighted by Crippen LogP contribution is -2.43. The maximum atomic E-state index is 12.8. The highest BCUT2D eigenvalue weighted by atomic mass is 16.5. The number of likely N-dealkylation sites (tertiary alicyclic amines) is 1. The molecule has 2 aliphatic carbocycles. The van der Waals surface area contributed by atoms with Crippen LogP contribution in [0.15, 0.2) is 41.4 Å². The molecule has 1 aromatic rings. The van der Waals surface area contributed by atoms with Crippen LogP contribution in [0, 0.1) is 23.7 Å². The van der Waals surface area contributed by atoms with Gasteiger partial charge in [-0.25, -0.2) is 0 Å². The van der Waals surface area contributed by atoms with E-state index in [0.717, 1.165) is 31.1 Å². The zero-order chi connectivity index (χ0) is 22.7. The van der Waals surface area contributed by atoms with E-state index in [1.165, 1.54) is 10.5 Å². The Kier molecular flexibility index (Phi) is 6.82. The van der Waals surface area contributed by atoms with E-state index in [2.05, 4.69) is 46.8 Å². The second-order valence-corrected chi connectivity index (χ2v) is 8.98. The van der Waals surface area contributed by atoms with Gasteiger partial charge < -0.3 is 15.4 Å². The van der Waals surface area contributed by atoms with E-state index < -0.39 is 0 Å². The van der Waals surface area contributed by atoms with Crippen molar-refractivity contribution < 1.29 is 14.3 Å². The van der Waals surface area contributed by atoms with E-state index in [-0.39, 0.29) is 35.5 Å². The number of amides is 2. The largest absolute Gasteiger partial charge is 0.497 e. The van der Waals surface area contributed by atoms with E-state index in [9.17, 15) is 9.59 Å². The van der Waals surface area contributed by atoms with Crippen molar-refractivity contribution in [2.24, 2.45) is 28.7 Å². The zero-order valence-electron chi connectivity index (χ0n) is 19.2. The van der Waals surface area contributed by atoms with Crippen molar-refractivity contribution in [3.05, 3.63) is 42.0 Å². The van der Waals surface area contributed by atoms with Gasteiger partial charge in [-0.15, -0.1) is 0 Å². The van der Waals surface area contributed by atoms with Crippen LogP contribution in [0.2, 0.25) is 0 Å². The lowest BCUT2D eigenvalue weighted by atomic mass is 9.85. The first-order valence-electron chi connectivity index (χ1n) is 11.7. The Hall–Kier alpha value is -2.83. The Morgan fingerprint density at radius 2 is 1.78 bits per heavy atom. The lowest BCUT2D eigenvalue weighted by Gasteiger charge is -2.19. The van der Waals surface area contributed by atoms with Crippen molar-refractivity contribution in [1.82, 2.24) is 15.5 Å². The minimum atomic E-state index is -0.126. The SMILES string of the molecule is CCNC(=NCCC(C)c1ccc(OC)cc1)NCCN1C(=O)C2C3C=CC(C3)C2C1=O. The summed E-state index contributed by atoms with van der Waals surface area (Å²) >= 11 is 0. The van der Waals surface area contributed by atoms with Crippen LogP contribution in [0.5, 0.6) is 5.75 Å². The third-order valence-corrected chi connectivity index (χ3v) is 7.05. The number of hydrogen-bond donors (Lipinski definition) is 2. The van der Waals surface area contributed by atoms with Crippen molar-refractivity contribution in [2.75, 3.05) is 33.3 Å². The minimum Gasteiger partial charge on any atom is -0.497 e. The van der Waals surface area contributed by atoms with E-state index >= 15 is 0 Å². The van der Waals surface area contributed by atoms with Gasteiger partial charge in [0.2, 0.25) is 11.8 Å². The summed E-state index contributed by atoms with van der Waals surface area (Å²) in [6.07, 6.45) is 6.14. The number of nitrogens with zero attached hydrogens (tertiary/aromatic N) is 2. The van der Waals surface area contributed by atoms with E-state index in [1.807, 2.05) is 19.1 Å². The number of allylic oxidation sites excluding steroid dienone is 2. The summed E-state index contributed by atoms with van der Waals surface area (Å²) in [4.78, 5) is 31.7. The highest BCUT2D eigenvalue weighted by Crippen LogP contribution is 2.52. The van der Waals surface area contributed by atoms with Gasteiger partial charge in [-0.2, -0.15) is 0 Å². The zero-order valence-corrected chi connectivity index (χ0v) is 19.2. The Morgan fingerprint density at radius 1 is 1.12 bits per heavy atom. The molecule has 1 saturated heterocycles. The first kappa shape index (κ1) is 22.4. The second kappa shape index (κ2) is 9.76. The highest BCUT2D eigenvalue weighted by Gasteiger charge is 2.58. The van der Waals surface area contributed by atoms with E-state index in [0.29, 0.717) is 25.6 Å². The molecule has 2 amide bonds. The quantitative estimate of drug-likeness (QED) is 0.268. The number of rotatable bonds is 9. The average Bonchev–Trinajstić information content (AvgIpc) is 3.49. The summed E-state index contributed by atoms with van der Waals surface area (Å²) < 4.78 is 5.22. The monoisotopic (exact) mass is 438 g/mol. The van der Waals surface area contributed by atoms with Crippen LogP contribution in [-0.4, -0.2) is 56.0 Å². The summed E-state index contributed by atoms with van der Waals surface area (Å²) in [5.74, 6) is 2.24. The number of carbonyl (C=O) groups excluding carboxylic acids is 2. The number of methoxy groups -OCH3 is 1. The van der Waals surface area contributed by atoms with Gasteiger partial charge in [0, 0.05) is 26.2 Å². The topological polar surface area (TPSA) is 83.0 Å². The molecule has 4 rings (SSSR count). The van der Waals surface area contributed by atoms with Crippen LogP contribution in [0.1, 0.15) is 38.2 Å². The van der Waals surface area contributed by atoms with Gasteiger partial charge in [0.25, 0.3) is 0 Å². The maximum Gasteiger partial charge on any atom is 0.233 e. The summed E-state index contributed by atoms with van der Waals surface area (Å²) in [5.41, 5.74) is 1.26. The molecule has 0 radical (unpaired) electrons. The Morgan fingerprint density at radius 3 is 2.38 bits per heavy atom. The van der Waals surface area contributed by atoms with Gasteiger partial charge in [0.15, 0.2) is 5.96 Å². The molecule has 1 aliphatic heterocycles. The van der Waals surface area contributed by atoms with Crippen molar-refractivity contribution in [3.63, 3.8) is 0 Å². The molecule has 1 saturated carbocycles. The molecule has 2 N–H and O–H groups in total. The predicted molar refractivity (Wildman–Crippen MR) is 124 cm³/mol. The predicted octanol–water partition coefficient (Wildman–Crippen LogP) is 2.55. The van der Waals surface area contributed by atoms with Crippen LogP contribution < -0.4 is 15.4 Å². The molecule has 3 aliphatic rings. The standard InChI is InChI=1S/C25H34N4O3/c1-4-26-25(27-12-11-16(2)17-7-9-20(32-3)10-8-17)28-13-14-29-23(30)21-18-5-6-19(15-18)22(21)24(29)31/h5-10,16,18-19,21-22H,4,11-15H2,1-3H3,(H2,26,27,28). The highest BCUT2D eigenvalue weighted by molar-refractivity contribution is 6.06. The Balaban J connectivity index is 1.26. The van der Waals surface area contributed by atoms with Gasteiger partial charge in [0.05, 0.1) is 18.9 Å². The molecule has 1 heterocycles. The van der Waals surface area contributed by atoms with Crippen molar-refractivity contribution in [3.8, 4) is 5.75 Å². The van der Waals surface area contributed by atoms with Crippen LogP contribution in [0.3, 0.4) is 0 Å². The molecule has 5 unspecified atom stereocenters. The molecule has 1 aromatic carbocycles. The molecule has 2 fully saturated rings. The third-order valence-electron chi connectivity index (χ3n) is 7.05. The smallest absolute Gasteiger partial charge is 0.233 e. The van der Waals surface area contributed by atoms with Crippen LogP contribution in [0.25, 0.3) is 0 Å². The average molecular weight is 439 g/mol. The van der Waals surface area contributed by atoms with Crippen LogP contribution >= 0.6 is 0 Å². The van der Waals surface area contributed by atoms with Crippen molar-refractivity contribution >= 4 is 17.8 Å². The first-order chi connectivity index (χ1) is 15.5. The lowest BCUT2D eigenvalue weighted by molar-refractivity contribution is -0.140. The second-order valence-electron chi connectivity index (χ2n) is 8.98. The molecule has 32 heavy (non-hydrogen) atoms. The van der Waals surface area contributed by atoms with E-state index in [4.69, 9.17) is 4.74 Å². The molecular formula is C25H34N4O3. The number of imide groups is 1. The maximum absolute atomic E-state index is 12.8. The van der Waals surface area contributed by atoms with Gasteiger partial charge >= 0.3 is 0 Å². The third kappa shape index (κ3) is 4.38. The molecule has 7 heteroatoms. The Bertz CT molecular complexity index is 865. The summed E-state index contributed by atoms with van der Waals surface area (Å²) in [5, 5.41) is 6.53. The number of guanidine groups is 1. The summed E-state index contributed by atoms with van der Waals surface area (Å²) in [7, 11) is 1.67. The number of hydrogen-bond acceptors (Lipinski definition) is 4. The van der Waals surface area contributed by atoms with E-state index in [1.54, 1.807) is 7.11 Å². The van der Waals surface area contributed by atoms with Crippen LogP contribution in [-0.2, 0) is 9.59 Å². The molecule has 0 aromatic heterocycles. The van der Waals surface area contributed by atoms with Crippen molar-refractivity contribution in [2.45, 2.75) is 32.6 Å². The molecule has 0 spiro atoms. The number of aliphatic imine (C=N–C) groups is 1. The molecule has 172 valence electrons. The number of fused-ring (bicyclic) bond motifs is 5. The van der Waals surface area contributed by atoms with Crippen molar-refractivity contribution in [1.29, 1.82) is 0 Å². The fourth-order valence-electron chi connectivity index (χ4n) is 5.28. The number of nitrogens with one attached hydrogen (secondary N) is 2. The molecule has 7 nitrogen and oxygen atoms in total. The molecular weight excluding hydrogens is 404 g/mol. The van der Waals surface area contributed by atoms with Gasteiger partial charge in [-0.1, -0.05) is 31.2 Å². The molecule has 2 bridgehead atoms. The Labute approximate surface area is 190 Å². The first-order valence-corrected chi connectivity index (χ1v) is 11.7. The normalized spacial score (nSPS) is 27.1.